The third-order valence-corrected chi connectivity index (χ3v) is 9.45. The summed E-state index contributed by atoms with van der Waals surface area (Å²) in [5, 5.41) is 20.2. The highest BCUT2D eigenvalue weighted by Gasteiger charge is 2.36. The van der Waals surface area contributed by atoms with Crippen LogP contribution in [0.2, 0.25) is 0 Å². The number of ether oxygens (including phenoxy) is 1. The number of para-hydroxylation sites is 1. The number of nitrogens with zero attached hydrogens (tertiary/aromatic N) is 7. The van der Waals surface area contributed by atoms with E-state index in [4.69, 9.17) is 14.7 Å². The molecule has 10 nitrogen and oxygen atoms in total. The topological polar surface area (TPSA) is 109 Å². The Bertz CT molecular complexity index is 1360. The molecule has 1 aromatic heterocycles. The predicted molar refractivity (Wildman–Crippen MR) is 161 cm³/mol. The molecular formula is C32H41N7O3. The molecule has 4 atom stereocenters. The number of anilines is 2. The average molecular weight is 572 g/mol. The van der Waals surface area contributed by atoms with E-state index in [1.165, 1.54) is 23.7 Å². The van der Waals surface area contributed by atoms with Gasteiger partial charge in [-0.1, -0.05) is 24.8 Å². The van der Waals surface area contributed by atoms with Crippen LogP contribution in [0.25, 0.3) is 0 Å². The van der Waals surface area contributed by atoms with Gasteiger partial charge in [0, 0.05) is 62.4 Å². The van der Waals surface area contributed by atoms with Crippen molar-refractivity contribution in [1.29, 1.82) is 5.26 Å². The van der Waals surface area contributed by atoms with Gasteiger partial charge in [0.25, 0.3) is 0 Å². The van der Waals surface area contributed by atoms with Gasteiger partial charge in [0.05, 0.1) is 30.3 Å². The number of rotatable bonds is 7. The van der Waals surface area contributed by atoms with Gasteiger partial charge in [0.2, 0.25) is 5.91 Å². The number of hydrogen-bond donors (Lipinski definition) is 1. The Kier molecular flexibility index (Phi) is 8.31. The molecule has 0 radical (unpaired) electrons. The first-order valence-corrected chi connectivity index (χ1v) is 15.3. The van der Waals surface area contributed by atoms with Crippen molar-refractivity contribution in [2.24, 2.45) is 0 Å². The van der Waals surface area contributed by atoms with Crippen LogP contribution in [0.5, 0.6) is 6.01 Å². The lowest BCUT2D eigenvalue weighted by Gasteiger charge is -2.43. The largest absolute Gasteiger partial charge is 0.462 e. The van der Waals surface area contributed by atoms with Gasteiger partial charge < -0.3 is 29.4 Å². The second kappa shape index (κ2) is 12.3. The van der Waals surface area contributed by atoms with Crippen LogP contribution in [0.3, 0.4) is 0 Å². The minimum atomic E-state index is -0.392. The van der Waals surface area contributed by atoms with Crippen LogP contribution in [0.4, 0.5) is 11.5 Å². The van der Waals surface area contributed by atoms with Crippen LogP contribution in [-0.2, 0) is 24.1 Å². The van der Waals surface area contributed by atoms with Gasteiger partial charge in [-0.15, -0.1) is 0 Å². The Morgan fingerprint density at radius 1 is 1.17 bits per heavy atom. The maximum absolute atomic E-state index is 12.5. The number of nitriles is 1. The van der Waals surface area contributed by atoms with E-state index in [9.17, 15) is 15.2 Å². The van der Waals surface area contributed by atoms with Gasteiger partial charge in [-0.3, -0.25) is 4.79 Å². The van der Waals surface area contributed by atoms with E-state index in [1.807, 2.05) is 6.07 Å². The van der Waals surface area contributed by atoms with Crippen molar-refractivity contribution >= 4 is 17.4 Å². The third kappa shape index (κ3) is 5.68. The lowest BCUT2D eigenvalue weighted by Crippen LogP contribution is -2.55. The van der Waals surface area contributed by atoms with Gasteiger partial charge in [0.1, 0.15) is 12.4 Å². The van der Waals surface area contributed by atoms with Crippen LogP contribution < -0.4 is 14.5 Å². The number of hydrogen-bond acceptors (Lipinski definition) is 9. The summed E-state index contributed by atoms with van der Waals surface area (Å²) in [6.07, 6.45) is 6.60. The number of benzene rings is 1. The monoisotopic (exact) mass is 571 g/mol. The van der Waals surface area contributed by atoms with E-state index >= 15 is 0 Å². The summed E-state index contributed by atoms with van der Waals surface area (Å²) < 4.78 is 6.29. The number of aromatic nitrogens is 2. The highest BCUT2D eigenvalue weighted by molar-refractivity contribution is 5.87. The van der Waals surface area contributed by atoms with Crippen LogP contribution in [0.15, 0.2) is 36.9 Å². The van der Waals surface area contributed by atoms with E-state index in [0.717, 1.165) is 49.3 Å². The Balaban J connectivity index is 1.30. The fourth-order valence-corrected chi connectivity index (χ4v) is 7.20. The summed E-state index contributed by atoms with van der Waals surface area (Å²) >= 11 is 0. The van der Waals surface area contributed by atoms with Gasteiger partial charge in [-0.2, -0.15) is 15.2 Å². The minimum Gasteiger partial charge on any atom is -0.462 e. The molecule has 1 N–H and O–H groups in total. The van der Waals surface area contributed by atoms with Crippen LogP contribution in [0, 0.1) is 11.3 Å². The van der Waals surface area contributed by atoms with E-state index in [0.29, 0.717) is 51.3 Å². The first-order valence-electron chi connectivity index (χ1n) is 15.3. The molecule has 1 aliphatic carbocycles. The van der Waals surface area contributed by atoms with Gasteiger partial charge >= 0.3 is 6.01 Å². The molecule has 0 bridgehead atoms. The normalized spacial score (nSPS) is 25.9. The second-order valence-corrected chi connectivity index (χ2v) is 12.1. The zero-order chi connectivity index (χ0) is 29.2. The van der Waals surface area contributed by atoms with Crippen molar-refractivity contribution in [3.63, 3.8) is 0 Å². The maximum Gasteiger partial charge on any atom is 0.318 e. The van der Waals surface area contributed by atoms with Crippen molar-refractivity contribution in [3.05, 3.63) is 53.7 Å². The van der Waals surface area contributed by atoms with Crippen molar-refractivity contribution in [3.8, 4) is 12.1 Å². The molecule has 4 heterocycles. The minimum absolute atomic E-state index is 0.142. The van der Waals surface area contributed by atoms with Crippen LogP contribution in [-0.4, -0.2) is 101 Å². The second-order valence-electron chi connectivity index (χ2n) is 12.1. The van der Waals surface area contributed by atoms with Gasteiger partial charge in [0.15, 0.2) is 0 Å². The zero-order valence-corrected chi connectivity index (χ0v) is 24.5. The molecule has 2 fully saturated rings. The molecule has 2 aromatic rings. The zero-order valence-electron chi connectivity index (χ0n) is 24.5. The number of likely N-dealkylation sites (tertiary alicyclic amines) is 1. The summed E-state index contributed by atoms with van der Waals surface area (Å²) in [5.74, 6) is 0.720. The molecule has 4 aliphatic rings. The highest BCUT2D eigenvalue weighted by atomic mass is 16.5. The van der Waals surface area contributed by atoms with Crippen molar-refractivity contribution < 1.29 is 14.6 Å². The standard InChI is InChI=1S/C32H41N7O3/c1-3-30(41)38-16-15-37(19-24(38)12-13-33)31-27-11-10-23(39-20-26(40)17-22-7-4-5-9-29(22)39)18-28(27)34-32(35-31)42-21-25-8-6-14-36(25)2/h3-5,7,9,23-26,40H,1,6,8,10-12,14-21H2,2H3/t23?,24-,25?,26?/m0/s1. The molecule has 3 aliphatic heterocycles. The molecule has 10 heteroatoms. The Hall–Kier alpha value is -3.68. The number of likely N-dealkylation sites (N-methyl/N-ethyl adjacent to an activating group) is 1. The van der Waals surface area contributed by atoms with Gasteiger partial charge in [-0.05, 0) is 57.0 Å². The number of β-amino-alcohol motifs (C(OH)–C–C–N with tert-alkyl or cyclic N) is 1. The molecule has 0 spiro atoms. The van der Waals surface area contributed by atoms with E-state index < -0.39 is 6.10 Å². The summed E-state index contributed by atoms with van der Waals surface area (Å²) in [4.78, 5) is 31.2. The van der Waals surface area contributed by atoms with Crippen LogP contribution in [0.1, 0.15) is 42.5 Å². The van der Waals surface area contributed by atoms with Crippen molar-refractivity contribution in [1.82, 2.24) is 19.8 Å². The number of amides is 1. The Morgan fingerprint density at radius 2 is 2.02 bits per heavy atom. The Morgan fingerprint density at radius 3 is 2.81 bits per heavy atom. The summed E-state index contributed by atoms with van der Waals surface area (Å²) in [5.41, 5.74) is 4.51. The summed E-state index contributed by atoms with van der Waals surface area (Å²) in [6, 6.07) is 11.4. The molecule has 222 valence electrons. The van der Waals surface area contributed by atoms with Crippen molar-refractivity contribution in [2.75, 3.05) is 56.2 Å². The number of carbonyl (C=O) groups is 1. The smallest absolute Gasteiger partial charge is 0.318 e. The first kappa shape index (κ1) is 28.4. The molecule has 1 aromatic carbocycles. The van der Waals surface area contributed by atoms with Crippen molar-refractivity contribution in [2.45, 2.75) is 69.2 Å². The molecule has 1 amide bonds. The molecule has 0 saturated carbocycles. The fraction of sp³-hybridized carbons (Fsp3) is 0.562. The average Bonchev–Trinajstić information content (AvgIpc) is 3.42. The molecular weight excluding hydrogens is 530 g/mol. The van der Waals surface area contributed by atoms with E-state index in [-0.39, 0.29) is 24.4 Å². The third-order valence-electron chi connectivity index (χ3n) is 9.45. The quantitative estimate of drug-likeness (QED) is 0.501. The predicted octanol–water partition coefficient (Wildman–Crippen LogP) is 2.35. The Labute approximate surface area is 248 Å². The number of piperazine rings is 1. The van der Waals surface area contributed by atoms with Crippen LogP contribution >= 0.6 is 0 Å². The lowest BCUT2D eigenvalue weighted by molar-refractivity contribution is -0.128. The lowest BCUT2D eigenvalue weighted by atomic mass is 9.88. The fourth-order valence-electron chi connectivity index (χ4n) is 7.20. The summed E-state index contributed by atoms with van der Waals surface area (Å²) in [7, 11) is 2.13. The number of aliphatic hydroxyl groups is 1. The summed E-state index contributed by atoms with van der Waals surface area (Å²) in [6.45, 7) is 7.53. The number of fused-ring (bicyclic) bond motifs is 2. The van der Waals surface area contributed by atoms with Gasteiger partial charge in [-0.25, -0.2) is 0 Å². The SMILES string of the molecule is C=CC(=O)N1CCN(c2nc(OCC3CCCN3C)nc3c2CCC(N2CC(O)Cc4ccccc42)C3)C[C@@H]1CC#N. The molecule has 2 saturated heterocycles. The first-order chi connectivity index (χ1) is 20.4. The highest BCUT2D eigenvalue weighted by Crippen LogP contribution is 2.37. The maximum atomic E-state index is 12.5. The van der Waals surface area contributed by atoms with E-state index in [2.05, 4.69) is 52.6 Å². The molecule has 6 rings (SSSR count). The van der Waals surface area contributed by atoms with E-state index in [1.54, 1.807) is 4.90 Å². The molecule has 42 heavy (non-hydrogen) atoms. The number of aliphatic hydroxyl groups excluding tert-OH is 1. The molecule has 3 unspecified atom stereocenters. The number of carbonyl (C=O) groups excluding carboxylic acids is 1.